The average molecular weight is 404 g/mol. The molecule has 0 fully saturated rings. The predicted molar refractivity (Wildman–Crippen MR) is 108 cm³/mol. The van der Waals surface area contributed by atoms with Crippen LogP contribution < -0.4 is 19.1 Å². The van der Waals surface area contributed by atoms with Crippen LogP contribution in [0.15, 0.2) is 47.4 Å². The lowest BCUT2D eigenvalue weighted by Gasteiger charge is -2.29. The summed E-state index contributed by atoms with van der Waals surface area (Å²) in [6.45, 7) is 6.31. The maximum Gasteiger partial charge on any atom is 0.265 e. The van der Waals surface area contributed by atoms with Gasteiger partial charge in [-0.25, -0.2) is 8.42 Å². The molecule has 8 heteroatoms. The van der Waals surface area contributed by atoms with Gasteiger partial charge >= 0.3 is 0 Å². The summed E-state index contributed by atoms with van der Waals surface area (Å²) in [5.41, 5.74) is 0.930. The normalized spacial score (nSPS) is 13.9. The van der Waals surface area contributed by atoms with Crippen LogP contribution in [0.3, 0.4) is 0 Å². The highest BCUT2D eigenvalue weighted by Gasteiger charge is 2.26. The third-order valence-electron chi connectivity index (χ3n) is 4.11. The van der Waals surface area contributed by atoms with Crippen molar-refractivity contribution >= 4 is 27.3 Å². The van der Waals surface area contributed by atoms with Gasteiger partial charge in [0, 0.05) is 6.54 Å². The van der Waals surface area contributed by atoms with Gasteiger partial charge in [0.05, 0.1) is 22.4 Å². The molecule has 1 heterocycles. The van der Waals surface area contributed by atoms with Gasteiger partial charge in [-0.2, -0.15) is 0 Å². The van der Waals surface area contributed by atoms with E-state index in [0.29, 0.717) is 29.4 Å². The van der Waals surface area contributed by atoms with Crippen molar-refractivity contribution in [3.8, 4) is 11.5 Å². The Bertz CT molecular complexity index is 955. The van der Waals surface area contributed by atoms with Crippen molar-refractivity contribution in [3.05, 3.63) is 42.5 Å². The number of amides is 1. The molecule has 2 aromatic rings. The summed E-state index contributed by atoms with van der Waals surface area (Å²) in [7, 11) is -3.78. The van der Waals surface area contributed by atoms with E-state index < -0.39 is 10.0 Å². The monoisotopic (exact) mass is 404 g/mol. The Hall–Kier alpha value is -2.74. The van der Waals surface area contributed by atoms with Crippen molar-refractivity contribution < 1.29 is 22.7 Å². The second-order valence-corrected chi connectivity index (χ2v) is 8.44. The highest BCUT2D eigenvalue weighted by Crippen LogP contribution is 2.35. The molecular weight excluding hydrogens is 380 g/mol. The SMILES string of the molecule is CCCN1C(=O)COc2ccc(NS(=O)(=O)c3ccc(OC(C)C)cc3)cc21. The minimum absolute atomic E-state index is 0.00655. The van der Waals surface area contributed by atoms with E-state index in [9.17, 15) is 13.2 Å². The molecule has 1 amide bonds. The molecule has 1 N–H and O–H groups in total. The largest absolute Gasteiger partial charge is 0.491 e. The number of benzene rings is 2. The van der Waals surface area contributed by atoms with E-state index in [1.807, 2.05) is 20.8 Å². The number of sulfonamides is 1. The van der Waals surface area contributed by atoms with Crippen molar-refractivity contribution in [2.75, 3.05) is 22.8 Å². The van der Waals surface area contributed by atoms with Gasteiger partial charge in [0.1, 0.15) is 11.5 Å². The van der Waals surface area contributed by atoms with E-state index in [1.165, 1.54) is 12.1 Å². The van der Waals surface area contributed by atoms with Crippen LogP contribution in [0.5, 0.6) is 11.5 Å². The Morgan fingerprint density at radius 3 is 2.54 bits per heavy atom. The number of fused-ring (bicyclic) bond motifs is 1. The summed E-state index contributed by atoms with van der Waals surface area (Å²) in [6.07, 6.45) is 0.790. The van der Waals surface area contributed by atoms with Gasteiger partial charge < -0.3 is 14.4 Å². The summed E-state index contributed by atoms with van der Waals surface area (Å²) in [4.78, 5) is 13.9. The molecule has 0 atom stereocenters. The topological polar surface area (TPSA) is 84.9 Å². The highest BCUT2D eigenvalue weighted by atomic mass is 32.2. The molecule has 2 aromatic carbocycles. The number of nitrogens with one attached hydrogen (secondary N) is 1. The van der Waals surface area contributed by atoms with E-state index in [4.69, 9.17) is 9.47 Å². The van der Waals surface area contributed by atoms with Crippen LogP contribution in [0, 0.1) is 0 Å². The summed E-state index contributed by atoms with van der Waals surface area (Å²) in [6, 6.07) is 11.1. The third-order valence-corrected chi connectivity index (χ3v) is 5.50. The lowest BCUT2D eigenvalue weighted by molar-refractivity contribution is -0.121. The smallest absolute Gasteiger partial charge is 0.265 e. The molecule has 0 spiro atoms. The summed E-state index contributed by atoms with van der Waals surface area (Å²) < 4.78 is 39.0. The van der Waals surface area contributed by atoms with E-state index in [-0.39, 0.29) is 23.5 Å². The van der Waals surface area contributed by atoms with Crippen LogP contribution in [-0.2, 0) is 14.8 Å². The fourth-order valence-electron chi connectivity index (χ4n) is 2.92. The standard InChI is InChI=1S/C20H24N2O5S/c1-4-11-22-18-12-15(5-10-19(18)26-13-20(22)23)21-28(24,25)17-8-6-16(7-9-17)27-14(2)3/h5-10,12,14,21H,4,11,13H2,1-3H3. The first kappa shape index (κ1) is 20.0. The zero-order valence-electron chi connectivity index (χ0n) is 16.1. The Kier molecular flexibility index (Phi) is 5.79. The van der Waals surface area contributed by atoms with Gasteiger partial charge in [0.2, 0.25) is 0 Å². The molecule has 0 radical (unpaired) electrons. The first-order valence-corrected chi connectivity index (χ1v) is 10.6. The van der Waals surface area contributed by atoms with Gasteiger partial charge in [0.25, 0.3) is 15.9 Å². The summed E-state index contributed by atoms with van der Waals surface area (Å²) in [5, 5.41) is 0. The van der Waals surface area contributed by atoms with Gasteiger partial charge in [-0.3, -0.25) is 9.52 Å². The van der Waals surface area contributed by atoms with Crippen molar-refractivity contribution in [1.82, 2.24) is 0 Å². The number of hydrogen-bond acceptors (Lipinski definition) is 5. The number of carbonyl (C=O) groups excluding carboxylic acids is 1. The molecule has 0 aromatic heterocycles. The number of carbonyl (C=O) groups is 1. The molecule has 28 heavy (non-hydrogen) atoms. The first-order chi connectivity index (χ1) is 13.3. The zero-order valence-corrected chi connectivity index (χ0v) is 17.0. The van der Waals surface area contributed by atoms with Crippen LogP contribution in [0.4, 0.5) is 11.4 Å². The molecule has 150 valence electrons. The Morgan fingerprint density at radius 1 is 1.18 bits per heavy atom. The predicted octanol–water partition coefficient (Wildman–Crippen LogP) is 3.41. The average Bonchev–Trinajstić information content (AvgIpc) is 2.64. The van der Waals surface area contributed by atoms with Crippen LogP contribution in [0.1, 0.15) is 27.2 Å². The Labute approximate surface area is 165 Å². The molecule has 3 rings (SSSR count). The van der Waals surface area contributed by atoms with Gasteiger partial charge in [-0.05, 0) is 62.7 Å². The van der Waals surface area contributed by atoms with Crippen molar-refractivity contribution in [2.45, 2.75) is 38.2 Å². The summed E-state index contributed by atoms with van der Waals surface area (Å²) >= 11 is 0. The minimum Gasteiger partial charge on any atom is -0.491 e. The number of nitrogens with zero attached hydrogens (tertiary/aromatic N) is 1. The Balaban J connectivity index is 1.84. The van der Waals surface area contributed by atoms with Crippen molar-refractivity contribution in [2.24, 2.45) is 0 Å². The Morgan fingerprint density at radius 2 is 1.89 bits per heavy atom. The lowest BCUT2D eigenvalue weighted by Crippen LogP contribution is -2.39. The van der Waals surface area contributed by atoms with E-state index in [1.54, 1.807) is 35.2 Å². The van der Waals surface area contributed by atoms with Gasteiger partial charge in [-0.15, -0.1) is 0 Å². The maximum atomic E-state index is 12.7. The second kappa shape index (κ2) is 8.10. The lowest BCUT2D eigenvalue weighted by atomic mass is 10.2. The minimum atomic E-state index is -3.78. The molecule has 0 saturated carbocycles. The third kappa shape index (κ3) is 4.39. The van der Waals surface area contributed by atoms with Crippen LogP contribution in [0.25, 0.3) is 0 Å². The molecule has 0 unspecified atom stereocenters. The van der Waals surface area contributed by atoms with Crippen LogP contribution >= 0.6 is 0 Å². The molecular formula is C20H24N2O5S. The second-order valence-electron chi connectivity index (χ2n) is 6.76. The number of rotatable bonds is 7. The zero-order chi connectivity index (χ0) is 20.3. The fourth-order valence-corrected chi connectivity index (χ4v) is 3.97. The highest BCUT2D eigenvalue weighted by molar-refractivity contribution is 7.92. The fraction of sp³-hybridized carbons (Fsp3) is 0.350. The number of ether oxygens (including phenoxy) is 2. The quantitative estimate of drug-likeness (QED) is 0.764. The van der Waals surface area contributed by atoms with Crippen LogP contribution in [0.2, 0.25) is 0 Å². The molecule has 0 aliphatic carbocycles. The number of hydrogen-bond donors (Lipinski definition) is 1. The van der Waals surface area contributed by atoms with Crippen molar-refractivity contribution in [1.29, 1.82) is 0 Å². The molecule has 7 nitrogen and oxygen atoms in total. The van der Waals surface area contributed by atoms with E-state index in [0.717, 1.165) is 6.42 Å². The summed E-state index contributed by atoms with van der Waals surface area (Å²) in [5.74, 6) is 1.02. The molecule has 0 saturated heterocycles. The van der Waals surface area contributed by atoms with Gasteiger partial charge in [0.15, 0.2) is 6.61 Å². The van der Waals surface area contributed by atoms with Gasteiger partial charge in [-0.1, -0.05) is 6.92 Å². The first-order valence-electron chi connectivity index (χ1n) is 9.17. The molecule has 0 bridgehead atoms. The van der Waals surface area contributed by atoms with Crippen LogP contribution in [-0.4, -0.2) is 33.6 Å². The molecule has 1 aliphatic heterocycles. The maximum absolute atomic E-state index is 12.7. The van der Waals surface area contributed by atoms with E-state index >= 15 is 0 Å². The van der Waals surface area contributed by atoms with E-state index in [2.05, 4.69) is 4.72 Å². The van der Waals surface area contributed by atoms with Crippen molar-refractivity contribution in [3.63, 3.8) is 0 Å². The molecule has 1 aliphatic rings. The number of anilines is 2.